The van der Waals surface area contributed by atoms with Crippen LogP contribution in [0.5, 0.6) is 0 Å². The van der Waals surface area contributed by atoms with Gasteiger partial charge in [0.05, 0.1) is 6.26 Å². The molecule has 1 amide bonds. The van der Waals surface area contributed by atoms with Crippen LogP contribution in [-0.4, -0.2) is 40.0 Å². The molecule has 0 unspecified atom stereocenters. The molecule has 0 bridgehead atoms. The maximum atomic E-state index is 12.7. The van der Waals surface area contributed by atoms with Crippen LogP contribution in [0.4, 0.5) is 0 Å². The van der Waals surface area contributed by atoms with E-state index in [1.807, 2.05) is 19.9 Å². The van der Waals surface area contributed by atoms with Gasteiger partial charge < -0.3 is 18.8 Å². The summed E-state index contributed by atoms with van der Waals surface area (Å²) in [5.41, 5.74) is 0.874. The number of oxazole rings is 1. The molecule has 1 N–H and O–H groups in total. The molecule has 7 nitrogen and oxygen atoms in total. The van der Waals surface area contributed by atoms with Crippen molar-refractivity contribution in [2.24, 2.45) is 0 Å². The van der Waals surface area contributed by atoms with Crippen molar-refractivity contribution in [2.75, 3.05) is 13.1 Å². The van der Waals surface area contributed by atoms with Crippen molar-refractivity contribution < 1.29 is 23.5 Å². The van der Waals surface area contributed by atoms with Crippen molar-refractivity contribution in [1.82, 2.24) is 9.88 Å². The quantitative estimate of drug-likeness (QED) is 0.924. The van der Waals surface area contributed by atoms with Gasteiger partial charge in [0.25, 0.3) is 5.91 Å². The molecule has 7 heteroatoms. The van der Waals surface area contributed by atoms with E-state index in [1.54, 1.807) is 11.2 Å². The Balaban J connectivity index is 1.69. The van der Waals surface area contributed by atoms with E-state index in [1.165, 1.54) is 0 Å². The molecule has 128 valence electrons. The molecule has 1 fully saturated rings. The topological polar surface area (TPSA) is 96.8 Å². The molecule has 0 aliphatic carbocycles. The molecule has 0 radical (unpaired) electrons. The van der Waals surface area contributed by atoms with Crippen molar-refractivity contribution in [3.63, 3.8) is 0 Å². The van der Waals surface area contributed by atoms with Gasteiger partial charge in [-0.05, 0) is 24.8 Å². The number of aromatic nitrogens is 1. The summed E-state index contributed by atoms with van der Waals surface area (Å²) in [6.45, 7) is 5.10. The number of amides is 1. The largest absolute Gasteiger partial charge is 0.476 e. The van der Waals surface area contributed by atoms with Crippen LogP contribution in [0.3, 0.4) is 0 Å². The fraction of sp³-hybridized carbons (Fsp3) is 0.471. The number of carbonyl (C=O) groups excluding carboxylic acids is 1. The monoisotopic (exact) mass is 332 g/mol. The average molecular weight is 332 g/mol. The van der Waals surface area contributed by atoms with Crippen LogP contribution in [0.2, 0.25) is 0 Å². The molecule has 0 saturated carbocycles. The second kappa shape index (κ2) is 6.51. The lowest BCUT2D eigenvalue weighted by Gasteiger charge is -2.30. The van der Waals surface area contributed by atoms with E-state index in [9.17, 15) is 9.59 Å². The number of nitrogens with zero attached hydrogens (tertiary/aromatic N) is 2. The Labute approximate surface area is 139 Å². The third-order valence-corrected chi connectivity index (χ3v) is 4.46. The Morgan fingerprint density at radius 2 is 2.00 bits per heavy atom. The van der Waals surface area contributed by atoms with E-state index < -0.39 is 5.97 Å². The minimum absolute atomic E-state index is 0.0343. The summed E-state index contributed by atoms with van der Waals surface area (Å²) in [6, 6.07) is 1.83. The van der Waals surface area contributed by atoms with Crippen LogP contribution in [0.15, 0.2) is 27.6 Å². The Kier molecular flexibility index (Phi) is 4.42. The molecule has 2 aromatic rings. The highest BCUT2D eigenvalue weighted by Gasteiger charge is 2.31. The van der Waals surface area contributed by atoms with Crippen LogP contribution < -0.4 is 0 Å². The van der Waals surface area contributed by atoms with Crippen LogP contribution in [0.1, 0.15) is 70.9 Å². The summed E-state index contributed by atoms with van der Waals surface area (Å²) < 4.78 is 10.7. The van der Waals surface area contributed by atoms with Crippen molar-refractivity contribution in [3.8, 4) is 0 Å². The zero-order chi connectivity index (χ0) is 17.3. The third kappa shape index (κ3) is 2.93. The zero-order valence-electron chi connectivity index (χ0n) is 13.7. The molecular formula is C17H20N2O5. The number of piperidine rings is 1. The Morgan fingerprint density at radius 1 is 1.29 bits per heavy atom. The predicted molar refractivity (Wildman–Crippen MR) is 84.1 cm³/mol. The van der Waals surface area contributed by atoms with E-state index in [2.05, 4.69) is 4.98 Å². The molecule has 3 heterocycles. The molecule has 1 aliphatic rings. The average Bonchev–Trinajstić information content (AvgIpc) is 3.23. The Morgan fingerprint density at radius 3 is 2.62 bits per heavy atom. The normalized spacial score (nSPS) is 15.9. The van der Waals surface area contributed by atoms with E-state index in [0.29, 0.717) is 37.5 Å². The number of aromatic carboxylic acids is 1. The fourth-order valence-electron chi connectivity index (χ4n) is 3.14. The second-order valence-electron chi connectivity index (χ2n) is 6.30. The van der Waals surface area contributed by atoms with Gasteiger partial charge in [-0.1, -0.05) is 13.8 Å². The molecule has 0 aromatic carbocycles. The van der Waals surface area contributed by atoms with Crippen LogP contribution in [-0.2, 0) is 0 Å². The van der Waals surface area contributed by atoms with Crippen LogP contribution in [0.25, 0.3) is 0 Å². The predicted octanol–water partition coefficient (Wildman–Crippen LogP) is 3.11. The summed E-state index contributed by atoms with van der Waals surface area (Å²) in [5, 5.41) is 9.13. The standard InChI is InChI=1S/C17H20N2O5/c1-10(2)12-5-8-23-15(12)16(20)19-6-3-11(4-7-19)14-13(17(21)22)18-9-24-14/h5,8-11H,3-4,6-7H2,1-2H3,(H,21,22). The SMILES string of the molecule is CC(C)c1ccoc1C(=O)N1CCC(c2ocnc2C(=O)O)CC1. The fourth-order valence-corrected chi connectivity index (χ4v) is 3.14. The summed E-state index contributed by atoms with van der Waals surface area (Å²) in [7, 11) is 0. The lowest BCUT2D eigenvalue weighted by Crippen LogP contribution is -2.38. The molecule has 24 heavy (non-hydrogen) atoms. The maximum Gasteiger partial charge on any atom is 0.358 e. The number of hydrogen-bond acceptors (Lipinski definition) is 5. The minimum Gasteiger partial charge on any atom is -0.476 e. The molecule has 2 aromatic heterocycles. The number of carbonyl (C=O) groups is 2. The number of rotatable bonds is 4. The highest BCUT2D eigenvalue weighted by Crippen LogP contribution is 2.31. The van der Waals surface area contributed by atoms with E-state index in [-0.39, 0.29) is 23.4 Å². The Bertz CT molecular complexity index is 738. The van der Waals surface area contributed by atoms with E-state index in [4.69, 9.17) is 13.9 Å². The summed E-state index contributed by atoms with van der Waals surface area (Å²) in [4.78, 5) is 29.3. The van der Waals surface area contributed by atoms with Gasteiger partial charge >= 0.3 is 5.97 Å². The number of furan rings is 1. The van der Waals surface area contributed by atoms with Gasteiger partial charge in [-0.25, -0.2) is 9.78 Å². The lowest BCUT2D eigenvalue weighted by molar-refractivity contribution is 0.0655. The van der Waals surface area contributed by atoms with Gasteiger partial charge in [-0.2, -0.15) is 0 Å². The van der Waals surface area contributed by atoms with E-state index >= 15 is 0 Å². The van der Waals surface area contributed by atoms with Crippen LogP contribution >= 0.6 is 0 Å². The smallest absolute Gasteiger partial charge is 0.358 e. The molecule has 3 rings (SSSR count). The molecule has 0 atom stereocenters. The molecule has 1 saturated heterocycles. The number of carboxylic acid groups (broad SMARTS) is 1. The second-order valence-corrected chi connectivity index (χ2v) is 6.30. The molecular weight excluding hydrogens is 312 g/mol. The van der Waals surface area contributed by atoms with E-state index in [0.717, 1.165) is 12.0 Å². The van der Waals surface area contributed by atoms with Crippen molar-refractivity contribution in [1.29, 1.82) is 0 Å². The Hall–Kier alpha value is -2.57. The summed E-state index contributed by atoms with van der Waals surface area (Å²) in [5.74, 6) is -0.228. The first-order valence-electron chi connectivity index (χ1n) is 8.02. The number of likely N-dealkylation sites (tertiary alicyclic amines) is 1. The third-order valence-electron chi connectivity index (χ3n) is 4.46. The highest BCUT2D eigenvalue weighted by molar-refractivity contribution is 5.93. The highest BCUT2D eigenvalue weighted by atomic mass is 16.4. The first kappa shape index (κ1) is 16.3. The van der Waals surface area contributed by atoms with Crippen molar-refractivity contribution >= 4 is 11.9 Å². The van der Waals surface area contributed by atoms with Gasteiger partial charge in [0.15, 0.2) is 17.8 Å². The molecule has 0 spiro atoms. The zero-order valence-corrected chi connectivity index (χ0v) is 13.7. The van der Waals surface area contributed by atoms with Gasteiger partial charge in [-0.3, -0.25) is 4.79 Å². The van der Waals surface area contributed by atoms with Crippen LogP contribution in [0, 0.1) is 0 Å². The first-order valence-corrected chi connectivity index (χ1v) is 8.02. The lowest BCUT2D eigenvalue weighted by atomic mass is 9.92. The van der Waals surface area contributed by atoms with Crippen molar-refractivity contribution in [3.05, 3.63) is 41.5 Å². The van der Waals surface area contributed by atoms with Crippen molar-refractivity contribution in [2.45, 2.75) is 38.5 Å². The maximum absolute atomic E-state index is 12.7. The number of carboxylic acids is 1. The summed E-state index contributed by atoms with van der Waals surface area (Å²) >= 11 is 0. The van der Waals surface area contributed by atoms with Gasteiger partial charge in [0.2, 0.25) is 0 Å². The van der Waals surface area contributed by atoms with Gasteiger partial charge in [0.1, 0.15) is 5.76 Å². The number of hydrogen-bond donors (Lipinski definition) is 1. The summed E-state index contributed by atoms with van der Waals surface area (Å²) in [6.07, 6.45) is 3.98. The van der Waals surface area contributed by atoms with Gasteiger partial charge in [-0.15, -0.1) is 0 Å². The first-order chi connectivity index (χ1) is 11.5. The molecule has 1 aliphatic heterocycles. The minimum atomic E-state index is -1.09. The van der Waals surface area contributed by atoms with Gasteiger partial charge in [0, 0.05) is 24.6 Å².